The van der Waals surface area contributed by atoms with Crippen LogP contribution in [-0.4, -0.2) is 20.0 Å². The number of H-pyrrole nitrogens is 1. The summed E-state index contributed by atoms with van der Waals surface area (Å²) in [5.74, 6) is 0. The number of nitrogens with zero attached hydrogens (tertiary/aromatic N) is 3. The van der Waals surface area contributed by atoms with Crippen LogP contribution in [0.1, 0.15) is 41.5 Å². The highest BCUT2D eigenvalue weighted by molar-refractivity contribution is 5.53. The molecule has 3 rings (SSSR count). The molecule has 1 aliphatic carbocycles. The highest BCUT2D eigenvalue weighted by Gasteiger charge is 2.24. The Bertz CT molecular complexity index is 546. The Morgan fingerprint density at radius 1 is 1.44 bits per heavy atom. The molecule has 5 heteroatoms. The van der Waals surface area contributed by atoms with Crippen LogP contribution in [0.25, 0.3) is 0 Å². The van der Waals surface area contributed by atoms with Crippen molar-refractivity contribution in [2.45, 2.75) is 39.2 Å². The summed E-state index contributed by atoms with van der Waals surface area (Å²) in [4.78, 5) is 0. The quantitative estimate of drug-likeness (QED) is 0.853. The zero-order valence-corrected chi connectivity index (χ0v) is 11.1. The number of anilines is 1. The van der Waals surface area contributed by atoms with Gasteiger partial charge in [0, 0.05) is 18.3 Å². The van der Waals surface area contributed by atoms with E-state index >= 15 is 0 Å². The molecule has 0 spiro atoms. The van der Waals surface area contributed by atoms with Crippen LogP contribution >= 0.6 is 0 Å². The molecule has 0 fully saturated rings. The molecule has 0 aliphatic heterocycles. The first-order valence-corrected chi connectivity index (χ1v) is 6.45. The Labute approximate surface area is 107 Å². The average Bonchev–Trinajstić information content (AvgIpc) is 2.88. The molecule has 0 saturated heterocycles. The first-order valence-electron chi connectivity index (χ1n) is 6.45. The predicted octanol–water partition coefficient (Wildman–Crippen LogP) is 2.25. The van der Waals surface area contributed by atoms with Gasteiger partial charge in [-0.2, -0.15) is 10.2 Å². The van der Waals surface area contributed by atoms with Gasteiger partial charge in [-0.05, 0) is 33.1 Å². The lowest BCUT2D eigenvalue weighted by atomic mass is 9.92. The Morgan fingerprint density at radius 3 is 3.00 bits per heavy atom. The lowest BCUT2D eigenvalue weighted by Gasteiger charge is -2.24. The normalized spacial score (nSPS) is 18.7. The van der Waals surface area contributed by atoms with Crippen molar-refractivity contribution in [1.29, 1.82) is 0 Å². The van der Waals surface area contributed by atoms with E-state index < -0.39 is 0 Å². The Morgan fingerprint density at radius 2 is 2.28 bits per heavy atom. The van der Waals surface area contributed by atoms with Crippen LogP contribution in [-0.2, 0) is 13.5 Å². The Balaban J connectivity index is 1.91. The smallest absolute Gasteiger partial charge is 0.0825 e. The first kappa shape index (κ1) is 11.3. The van der Waals surface area contributed by atoms with Crippen LogP contribution in [0, 0.1) is 13.8 Å². The zero-order chi connectivity index (χ0) is 12.7. The van der Waals surface area contributed by atoms with Crippen molar-refractivity contribution < 1.29 is 0 Å². The van der Waals surface area contributed by atoms with Crippen molar-refractivity contribution in [2.75, 3.05) is 5.32 Å². The van der Waals surface area contributed by atoms with Crippen LogP contribution in [0.5, 0.6) is 0 Å². The van der Waals surface area contributed by atoms with Gasteiger partial charge in [-0.1, -0.05) is 0 Å². The van der Waals surface area contributed by atoms with E-state index in [2.05, 4.69) is 27.5 Å². The van der Waals surface area contributed by atoms with Gasteiger partial charge in [-0.25, -0.2) is 0 Å². The monoisotopic (exact) mass is 245 g/mol. The summed E-state index contributed by atoms with van der Waals surface area (Å²) < 4.78 is 2.00. The van der Waals surface area contributed by atoms with Gasteiger partial charge < -0.3 is 5.32 Å². The van der Waals surface area contributed by atoms with E-state index in [1.54, 1.807) is 0 Å². The number of aryl methyl sites for hydroxylation is 3. The summed E-state index contributed by atoms with van der Waals surface area (Å²) in [7, 11) is 2.02. The SMILES string of the molecule is Cc1n[nH]c(C)c1NC1CCCc2c1cnn2C. The molecule has 0 aromatic carbocycles. The summed E-state index contributed by atoms with van der Waals surface area (Å²) in [5, 5.41) is 15.3. The summed E-state index contributed by atoms with van der Waals surface area (Å²) in [6, 6.07) is 0.359. The highest BCUT2D eigenvalue weighted by Crippen LogP contribution is 2.33. The molecule has 1 aliphatic rings. The molecule has 2 aromatic heterocycles. The van der Waals surface area contributed by atoms with E-state index in [0.717, 1.165) is 29.9 Å². The number of fused-ring (bicyclic) bond motifs is 1. The van der Waals surface area contributed by atoms with Crippen molar-refractivity contribution in [3.05, 3.63) is 28.8 Å². The second-order valence-electron chi connectivity index (χ2n) is 5.07. The number of nitrogens with one attached hydrogen (secondary N) is 2. The van der Waals surface area contributed by atoms with Crippen molar-refractivity contribution in [3.63, 3.8) is 0 Å². The van der Waals surface area contributed by atoms with Crippen molar-refractivity contribution in [1.82, 2.24) is 20.0 Å². The van der Waals surface area contributed by atoms with Gasteiger partial charge in [0.05, 0.1) is 29.3 Å². The topological polar surface area (TPSA) is 58.5 Å². The van der Waals surface area contributed by atoms with Crippen LogP contribution in [0.2, 0.25) is 0 Å². The fourth-order valence-corrected chi connectivity index (χ4v) is 2.79. The zero-order valence-electron chi connectivity index (χ0n) is 11.1. The molecule has 1 unspecified atom stereocenters. The summed E-state index contributed by atoms with van der Waals surface area (Å²) in [5.41, 5.74) is 5.96. The fraction of sp³-hybridized carbons (Fsp3) is 0.538. The lowest BCUT2D eigenvalue weighted by Crippen LogP contribution is -2.18. The molecule has 2 heterocycles. The van der Waals surface area contributed by atoms with E-state index in [9.17, 15) is 0 Å². The van der Waals surface area contributed by atoms with Crippen molar-refractivity contribution >= 4 is 5.69 Å². The van der Waals surface area contributed by atoms with Gasteiger partial charge in [0.1, 0.15) is 0 Å². The molecule has 2 aromatic rings. The van der Waals surface area contributed by atoms with Gasteiger partial charge in [-0.3, -0.25) is 9.78 Å². The van der Waals surface area contributed by atoms with Gasteiger partial charge in [0.15, 0.2) is 0 Å². The molecule has 96 valence electrons. The molecule has 0 saturated carbocycles. The third-order valence-corrected chi connectivity index (χ3v) is 3.82. The maximum atomic E-state index is 4.38. The number of hydrogen-bond acceptors (Lipinski definition) is 3. The second-order valence-corrected chi connectivity index (χ2v) is 5.07. The minimum Gasteiger partial charge on any atom is -0.375 e. The number of aromatic nitrogens is 4. The molecule has 2 N–H and O–H groups in total. The largest absolute Gasteiger partial charge is 0.375 e. The molecule has 0 amide bonds. The molecule has 18 heavy (non-hydrogen) atoms. The van der Waals surface area contributed by atoms with Gasteiger partial charge in [-0.15, -0.1) is 0 Å². The van der Waals surface area contributed by atoms with Gasteiger partial charge in [0.2, 0.25) is 0 Å². The number of aromatic amines is 1. The third-order valence-electron chi connectivity index (χ3n) is 3.82. The number of rotatable bonds is 2. The van der Waals surface area contributed by atoms with Crippen molar-refractivity contribution in [3.8, 4) is 0 Å². The summed E-state index contributed by atoms with van der Waals surface area (Å²) in [6.07, 6.45) is 5.49. The number of hydrogen-bond donors (Lipinski definition) is 2. The summed E-state index contributed by atoms with van der Waals surface area (Å²) in [6.45, 7) is 4.08. The maximum absolute atomic E-state index is 4.38. The fourth-order valence-electron chi connectivity index (χ4n) is 2.79. The minimum absolute atomic E-state index is 0.359. The van der Waals surface area contributed by atoms with Gasteiger partial charge >= 0.3 is 0 Å². The van der Waals surface area contributed by atoms with Crippen LogP contribution in [0.3, 0.4) is 0 Å². The molecule has 1 atom stereocenters. The van der Waals surface area contributed by atoms with Crippen LogP contribution in [0.4, 0.5) is 5.69 Å². The minimum atomic E-state index is 0.359. The summed E-state index contributed by atoms with van der Waals surface area (Å²) >= 11 is 0. The van der Waals surface area contributed by atoms with E-state index in [1.807, 2.05) is 24.9 Å². The van der Waals surface area contributed by atoms with Crippen LogP contribution in [0.15, 0.2) is 6.20 Å². The van der Waals surface area contributed by atoms with E-state index in [4.69, 9.17) is 0 Å². The Kier molecular flexibility index (Phi) is 2.61. The molecule has 0 radical (unpaired) electrons. The molecular formula is C13H19N5. The molecule has 0 bridgehead atoms. The molecular weight excluding hydrogens is 226 g/mol. The predicted molar refractivity (Wildman–Crippen MR) is 70.6 cm³/mol. The lowest BCUT2D eigenvalue weighted by molar-refractivity contribution is 0.571. The maximum Gasteiger partial charge on any atom is 0.0825 e. The van der Waals surface area contributed by atoms with Crippen LogP contribution < -0.4 is 5.32 Å². The van der Waals surface area contributed by atoms with Gasteiger partial charge in [0.25, 0.3) is 0 Å². The van der Waals surface area contributed by atoms with Crippen molar-refractivity contribution in [2.24, 2.45) is 7.05 Å². The third kappa shape index (κ3) is 1.70. The second kappa shape index (κ2) is 4.15. The van der Waals surface area contributed by atoms with E-state index in [-0.39, 0.29) is 0 Å². The Hall–Kier alpha value is -1.78. The standard InChI is InChI=1S/C13H19N5/c1-8-13(9(2)17-16-8)15-11-5-4-6-12-10(11)7-14-18(12)3/h7,11,15H,4-6H2,1-3H3,(H,16,17). The van der Waals surface area contributed by atoms with E-state index in [1.165, 1.54) is 17.7 Å². The molecule has 5 nitrogen and oxygen atoms in total. The highest BCUT2D eigenvalue weighted by atomic mass is 15.3. The first-order chi connectivity index (χ1) is 8.66. The average molecular weight is 245 g/mol. The van der Waals surface area contributed by atoms with E-state index in [0.29, 0.717) is 6.04 Å².